The largest absolute Gasteiger partial charge is 0.351 e. The first-order valence-electron chi connectivity index (χ1n) is 8.45. The number of nitrogens with zero attached hydrogens (tertiary/aromatic N) is 2. The van der Waals surface area contributed by atoms with Gasteiger partial charge < -0.3 is 20.9 Å². The molecule has 1 aromatic heterocycles. The number of anilines is 1. The fourth-order valence-corrected chi connectivity index (χ4v) is 3.74. The van der Waals surface area contributed by atoms with Crippen LogP contribution >= 0.6 is 0 Å². The van der Waals surface area contributed by atoms with E-state index >= 15 is 0 Å². The predicted molar refractivity (Wildman–Crippen MR) is 91.5 cm³/mol. The van der Waals surface area contributed by atoms with Gasteiger partial charge in [-0.2, -0.15) is 0 Å². The van der Waals surface area contributed by atoms with E-state index in [4.69, 9.17) is 0 Å². The lowest BCUT2D eigenvalue weighted by molar-refractivity contribution is -0.119. The normalized spacial score (nSPS) is 26.0. The number of urea groups is 1. The van der Waals surface area contributed by atoms with Crippen LogP contribution in [0.2, 0.25) is 0 Å². The monoisotopic (exact) mass is 331 g/mol. The van der Waals surface area contributed by atoms with Gasteiger partial charge in [-0.05, 0) is 39.1 Å². The summed E-state index contributed by atoms with van der Waals surface area (Å²) in [7, 11) is 3.95. The summed E-state index contributed by atoms with van der Waals surface area (Å²) in [5, 5.41) is 8.95. The average molecular weight is 331 g/mol. The number of nitrogens with one attached hydrogen (secondary N) is 3. The van der Waals surface area contributed by atoms with Gasteiger partial charge in [0.25, 0.3) is 0 Å². The minimum absolute atomic E-state index is 0.0272. The third kappa shape index (κ3) is 3.67. The Morgan fingerprint density at radius 2 is 2.29 bits per heavy atom. The zero-order valence-corrected chi connectivity index (χ0v) is 14.3. The fourth-order valence-electron chi connectivity index (χ4n) is 3.74. The van der Waals surface area contributed by atoms with Gasteiger partial charge in [0, 0.05) is 18.4 Å². The van der Waals surface area contributed by atoms with Crippen molar-refractivity contribution in [3.63, 3.8) is 0 Å². The number of carbonyl (C=O) groups excluding carboxylic acids is 2. The quantitative estimate of drug-likeness (QED) is 0.780. The van der Waals surface area contributed by atoms with E-state index in [0.29, 0.717) is 18.7 Å². The number of hydrogen-bond acceptors (Lipinski definition) is 4. The lowest BCUT2D eigenvalue weighted by Gasteiger charge is -2.38. The van der Waals surface area contributed by atoms with Gasteiger partial charge in [-0.15, -0.1) is 0 Å². The van der Waals surface area contributed by atoms with E-state index in [1.165, 1.54) is 0 Å². The molecule has 130 valence electrons. The molecule has 0 spiro atoms. The Labute approximate surface area is 142 Å². The van der Waals surface area contributed by atoms with Crippen molar-refractivity contribution in [3.8, 4) is 0 Å². The highest BCUT2D eigenvalue weighted by atomic mass is 16.2. The van der Waals surface area contributed by atoms with E-state index < -0.39 is 5.54 Å². The first-order valence-corrected chi connectivity index (χ1v) is 8.45. The third-order valence-electron chi connectivity index (χ3n) is 4.76. The molecular weight excluding hydrogens is 306 g/mol. The minimum Gasteiger partial charge on any atom is -0.351 e. The Balaban J connectivity index is 1.66. The Morgan fingerprint density at radius 1 is 1.46 bits per heavy atom. The van der Waals surface area contributed by atoms with Crippen LogP contribution in [0.25, 0.3) is 0 Å². The van der Waals surface area contributed by atoms with Gasteiger partial charge in [0.05, 0.1) is 23.7 Å². The molecular formula is C17H25N5O2. The molecule has 2 heterocycles. The summed E-state index contributed by atoms with van der Waals surface area (Å²) in [6.07, 6.45) is 5.95. The molecule has 1 saturated carbocycles. The van der Waals surface area contributed by atoms with Crippen molar-refractivity contribution >= 4 is 17.6 Å². The molecule has 7 heteroatoms. The molecule has 3 rings (SSSR count). The number of rotatable bonds is 4. The maximum absolute atomic E-state index is 12.5. The average Bonchev–Trinajstić information content (AvgIpc) is 2.81. The van der Waals surface area contributed by atoms with Crippen LogP contribution in [-0.4, -0.2) is 47.5 Å². The first kappa shape index (κ1) is 16.7. The molecule has 1 aliphatic heterocycles. The molecule has 0 unspecified atom stereocenters. The zero-order chi connectivity index (χ0) is 17.2. The molecule has 1 aliphatic carbocycles. The van der Waals surface area contributed by atoms with Crippen LogP contribution in [0.15, 0.2) is 18.3 Å². The predicted octanol–water partition coefficient (Wildman–Crippen LogP) is 1.47. The highest BCUT2D eigenvalue weighted by molar-refractivity contribution is 5.91. The van der Waals surface area contributed by atoms with Crippen molar-refractivity contribution in [2.24, 2.45) is 0 Å². The molecule has 1 saturated heterocycles. The Bertz CT molecular complexity index is 633. The highest BCUT2D eigenvalue weighted by Gasteiger charge is 2.48. The smallest absolute Gasteiger partial charge is 0.319 e. The van der Waals surface area contributed by atoms with E-state index in [9.17, 15) is 9.59 Å². The Kier molecular flexibility index (Phi) is 4.71. The van der Waals surface area contributed by atoms with Crippen LogP contribution in [0.5, 0.6) is 0 Å². The van der Waals surface area contributed by atoms with Crippen molar-refractivity contribution in [1.82, 2.24) is 20.5 Å². The molecule has 1 aromatic rings. The highest BCUT2D eigenvalue weighted by Crippen LogP contribution is 2.35. The standard InChI is InChI=1S/C17H25N5O2/c1-22(2)11-13-9-12(6-8-18-13)19-16(24)21-17-7-4-3-5-14(17)20-15(23)10-17/h6,8-9,14H,3-5,7,10-11H2,1-2H3,(H,20,23)(H2,18,19,21,24)/t14-,17+/m0/s1. The number of pyridine rings is 1. The minimum atomic E-state index is -0.446. The van der Waals surface area contributed by atoms with Crippen molar-refractivity contribution in [1.29, 1.82) is 0 Å². The molecule has 2 aliphatic rings. The number of amides is 3. The molecule has 0 aromatic carbocycles. The zero-order valence-electron chi connectivity index (χ0n) is 14.3. The summed E-state index contributed by atoms with van der Waals surface area (Å²) in [5.74, 6) is 0.0272. The summed E-state index contributed by atoms with van der Waals surface area (Å²) >= 11 is 0. The number of aromatic nitrogens is 1. The number of fused-ring (bicyclic) bond motifs is 1. The second kappa shape index (κ2) is 6.76. The maximum Gasteiger partial charge on any atom is 0.319 e. The van der Waals surface area contributed by atoms with E-state index in [0.717, 1.165) is 31.4 Å². The van der Waals surface area contributed by atoms with Crippen LogP contribution in [0.3, 0.4) is 0 Å². The maximum atomic E-state index is 12.5. The van der Waals surface area contributed by atoms with Gasteiger partial charge in [0.15, 0.2) is 0 Å². The lowest BCUT2D eigenvalue weighted by atomic mass is 9.78. The first-order chi connectivity index (χ1) is 11.5. The number of carbonyl (C=O) groups is 2. The van der Waals surface area contributed by atoms with Gasteiger partial charge in [-0.1, -0.05) is 12.8 Å². The SMILES string of the molecule is CN(C)Cc1cc(NC(=O)N[C@@]23CCCC[C@@H]2NC(=O)C3)ccn1. The summed E-state index contributed by atoms with van der Waals surface area (Å²) in [5.41, 5.74) is 1.16. The molecule has 0 bridgehead atoms. The van der Waals surface area contributed by atoms with Crippen LogP contribution in [-0.2, 0) is 11.3 Å². The van der Waals surface area contributed by atoms with E-state index in [2.05, 4.69) is 20.9 Å². The Morgan fingerprint density at radius 3 is 3.08 bits per heavy atom. The van der Waals surface area contributed by atoms with Gasteiger partial charge >= 0.3 is 6.03 Å². The van der Waals surface area contributed by atoms with Gasteiger partial charge in [-0.25, -0.2) is 4.79 Å². The van der Waals surface area contributed by atoms with Crippen molar-refractivity contribution in [2.45, 2.75) is 50.2 Å². The van der Waals surface area contributed by atoms with Gasteiger partial charge in [0.1, 0.15) is 0 Å². The van der Waals surface area contributed by atoms with Crippen LogP contribution < -0.4 is 16.0 Å². The summed E-state index contributed by atoms with van der Waals surface area (Å²) < 4.78 is 0. The second-order valence-corrected chi connectivity index (χ2v) is 7.05. The molecule has 0 radical (unpaired) electrons. The summed E-state index contributed by atoms with van der Waals surface area (Å²) in [6.45, 7) is 0.710. The molecule has 7 nitrogen and oxygen atoms in total. The van der Waals surface area contributed by atoms with E-state index in [1.54, 1.807) is 12.3 Å². The van der Waals surface area contributed by atoms with Crippen molar-refractivity contribution in [3.05, 3.63) is 24.0 Å². The summed E-state index contributed by atoms with van der Waals surface area (Å²) in [6, 6.07) is 3.42. The lowest BCUT2D eigenvalue weighted by Crippen LogP contribution is -2.58. The topological polar surface area (TPSA) is 86.4 Å². The van der Waals surface area contributed by atoms with Crippen LogP contribution in [0.4, 0.5) is 10.5 Å². The van der Waals surface area contributed by atoms with Crippen LogP contribution in [0, 0.1) is 0 Å². The number of hydrogen-bond donors (Lipinski definition) is 3. The molecule has 24 heavy (non-hydrogen) atoms. The van der Waals surface area contributed by atoms with E-state index in [-0.39, 0.29) is 18.0 Å². The van der Waals surface area contributed by atoms with E-state index in [1.807, 2.05) is 25.1 Å². The van der Waals surface area contributed by atoms with Gasteiger partial charge in [-0.3, -0.25) is 9.78 Å². The molecule has 2 atom stereocenters. The third-order valence-corrected chi connectivity index (χ3v) is 4.76. The molecule has 2 fully saturated rings. The fraction of sp³-hybridized carbons (Fsp3) is 0.588. The second-order valence-electron chi connectivity index (χ2n) is 7.05. The molecule has 3 N–H and O–H groups in total. The van der Waals surface area contributed by atoms with Gasteiger partial charge in [0.2, 0.25) is 5.91 Å². The Hall–Kier alpha value is -2.15. The summed E-state index contributed by atoms with van der Waals surface area (Å²) in [4.78, 5) is 30.6. The van der Waals surface area contributed by atoms with Crippen molar-refractivity contribution < 1.29 is 9.59 Å². The van der Waals surface area contributed by atoms with Crippen LogP contribution in [0.1, 0.15) is 37.8 Å². The van der Waals surface area contributed by atoms with Crippen molar-refractivity contribution in [2.75, 3.05) is 19.4 Å². The molecule has 3 amide bonds.